The minimum atomic E-state index is -0.301. The van der Waals surface area contributed by atoms with Crippen LogP contribution in [0.25, 0.3) is 0 Å². The number of ketones is 1. The van der Waals surface area contributed by atoms with Gasteiger partial charge in [-0.2, -0.15) is 0 Å². The van der Waals surface area contributed by atoms with E-state index in [0.29, 0.717) is 18.1 Å². The molecule has 62 valence electrons. The van der Waals surface area contributed by atoms with Crippen LogP contribution < -0.4 is 0 Å². The van der Waals surface area contributed by atoms with Gasteiger partial charge in [0.05, 0.1) is 6.10 Å². The van der Waals surface area contributed by atoms with E-state index in [4.69, 9.17) is 0 Å². The lowest BCUT2D eigenvalue weighted by molar-refractivity contribution is -0.135. The van der Waals surface area contributed by atoms with Crippen molar-refractivity contribution < 1.29 is 9.90 Å². The zero-order valence-electron chi connectivity index (χ0n) is 6.62. The number of Topliss-reactive ketones (excluding diaryl/α,β-unsaturated/α-hetero) is 1. The standard InChI is InChI=1S/C9H14O2/c10-8-5-4-6-2-1-3-7(8)9(6)11/h6-7,9,11H,1-5H2/t6-,7+,9?/m0/s1. The van der Waals surface area contributed by atoms with E-state index >= 15 is 0 Å². The summed E-state index contributed by atoms with van der Waals surface area (Å²) in [5.41, 5.74) is 0. The van der Waals surface area contributed by atoms with Crippen LogP contribution in [0.2, 0.25) is 0 Å². The second-order valence-electron chi connectivity index (χ2n) is 3.79. The Labute approximate surface area is 66.6 Å². The number of hydrogen-bond donors (Lipinski definition) is 1. The van der Waals surface area contributed by atoms with E-state index in [0.717, 1.165) is 25.7 Å². The van der Waals surface area contributed by atoms with Crippen molar-refractivity contribution >= 4 is 5.78 Å². The van der Waals surface area contributed by atoms with Gasteiger partial charge in [-0.25, -0.2) is 0 Å². The molecule has 0 aliphatic heterocycles. The van der Waals surface area contributed by atoms with E-state index in [1.54, 1.807) is 0 Å². The average Bonchev–Trinajstić information content (AvgIpc) is 1.98. The number of fused-ring (bicyclic) bond motifs is 2. The van der Waals surface area contributed by atoms with Gasteiger partial charge in [0.25, 0.3) is 0 Å². The van der Waals surface area contributed by atoms with E-state index in [1.165, 1.54) is 0 Å². The van der Waals surface area contributed by atoms with E-state index < -0.39 is 0 Å². The third-order valence-corrected chi connectivity index (χ3v) is 3.16. The number of aliphatic hydroxyl groups is 1. The molecule has 2 nitrogen and oxygen atoms in total. The summed E-state index contributed by atoms with van der Waals surface area (Å²) in [5.74, 6) is 0.738. The van der Waals surface area contributed by atoms with Crippen LogP contribution in [0.1, 0.15) is 32.1 Å². The maximum absolute atomic E-state index is 11.3. The molecule has 0 saturated heterocycles. The van der Waals surface area contributed by atoms with Crippen LogP contribution in [0, 0.1) is 11.8 Å². The summed E-state index contributed by atoms with van der Waals surface area (Å²) in [7, 11) is 0. The number of carbonyl (C=O) groups excluding carboxylic acids is 1. The van der Waals surface area contributed by atoms with Crippen LogP contribution in [0.3, 0.4) is 0 Å². The first-order chi connectivity index (χ1) is 5.29. The predicted octanol–water partition coefficient (Wildman–Crippen LogP) is 1.13. The van der Waals surface area contributed by atoms with Gasteiger partial charge in [0, 0.05) is 12.3 Å². The lowest BCUT2D eigenvalue weighted by Gasteiger charge is -2.38. The van der Waals surface area contributed by atoms with Crippen LogP contribution in [0.15, 0.2) is 0 Å². The third-order valence-electron chi connectivity index (χ3n) is 3.16. The molecular weight excluding hydrogens is 140 g/mol. The molecular formula is C9H14O2. The summed E-state index contributed by atoms with van der Waals surface area (Å²) >= 11 is 0. The average molecular weight is 154 g/mol. The Kier molecular flexibility index (Phi) is 1.72. The summed E-state index contributed by atoms with van der Waals surface area (Å²) in [5, 5.41) is 9.64. The molecule has 0 heterocycles. The zero-order chi connectivity index (χ0) is 7.84. The molecule has 2 aliphatic rings. The van der Waals surface area contributed by atoms with E-state index in [2.05, 4.69) is 0 Å². The lowest BCUT2D eigenvalue weighted by Crippen LogP contribution is -2.42. The van der Waals surface area contributed by atoms with Crippen molar-refractivity contribution in [2.24, 2.45) is 11.8 Å². The highest BCUT2D eigenvalue weighted by molar-refractivity contribution is 5.82. The molecule has 0 amide bonds. The summed E-state index contributed by atoms with van der Waals surface area (Å²) in [6, 6.07) is 0. The minimum Gasteiger partial charge on any atom is -0.392 e. The lowest BCUT2D eigenvalue weighted by atomic mass is 9.69. The molecule has 0 radical (unpaired) electrons. The predicted molar refractivity (Wildman–Crippen MR) is 41.1 cm³/mol. The Morgan fingerprint density at radius 3 is 2.82 bits per heavy atom. The van der Waals surface area contributed by atoms with Crippen LogP contribution >= 0.6 is 0 Å². The number of rotatable bonds is 0. The molecule has 1 N–H and O–H groups in total. The van der Waals surface area contributed by atoms with Crippen molar-refractivity contribution in [3.8, 4) is 0 Å². The molecule has 2 bridgehead atoms. The maximum atomic E-state index is 11.3. The quantitative estimate of drug-likeness (QED) is 0.568. The van der Waals surface area contributed by atoms with Crippen molar-refractivity contribution in [2.45, 2.75) is 38.2 Å². The summed E-state index contributed by atoms with van der Waals surface area (Å²) in [6.07, 6.45) is 4.53. The molecule has 2 saturated carbocycles. The second-order valence-corrected chi connectivity index (χ2v) is 3.79. The highest BCUT2D eigenvalue weighted by Gasteiger charge is 2.39. The number of carbonyl (C=O) groups is 1. The van der Waals surface area contributed by atoms with Crippen LogP contribution in [0.5, 0.6) is 0 Å². The fourth-order valence-electron chi connectivity index (χ4n) is 2.45. The monoisotopic (exact) mass is 154 g/mol. The Morgan fingerprint density at radius 2 is 2.09 bits per heavy atom. The second kappa shape index (κ2) is 2.59. The van der Waals surface area contributed by atoms with Crippen molar-refractivity contribution in [3.05, 3.63) is 0 Å². The fourth-order valence-corrected chi connectivity index (χ4v) is 2.45. The van der Waals surface area contributed by atoms with E-state index in [9.17, 15) is 9.90 Å². The van der Waals surface area contributed by atoms with Crippen LogP contribution in [0.4, 0.5) is 0 Å². The molecule has 2 fully saturated rings. The van der Waals surface area contributed by atoms with Crippen molar-refractivity contribution in [1.29, 1.82) is 0 Å². The van der Waals surface area contributed by atoms with Gasteiger partial charge in [0.15, 0.2) is 0 Å². The summed E-state index contributed by atoms with van der Waals surface area (Å²) in [6.45, 7) is 0. The maximum Gasteiger partial charge on any atom is 0.138 e. The Hall–Kier alpha value is -0.370. The first-order valence-electron chi connectivity index (χ1n) is 4.50. The van der Waals surface area contributed by atoms with Gasteiger partial charge in [-0.05, 0) is 25.2 Å². The van der Waals surface area contributed by atoms with Gasteiger partial charge in [0.2, 0.25) is 0 Å². The van der Waals surface area contributed by atoms with Gasteiger partial charge in [-0.15, -0.1) is 0 Å². The molecule has 2 rings (SSSR count). The molecule has 0 spiro atoms. The highest BCUT2D eigenvalue weighted by atomic mass is 16.3. The van der Waals surface area contributed by atoms with Gasteiger partial charge in [0.1, 0.15) is 5.78 Å². The molecule has 2 heteroatoms. The first-order valence-corrected chi connectivity index (χ1v) is 4.50. The summed E-state index contributed by atoms with van der Waals surface area (Å²) in [4.78, 5) is 11.3. The van der Waals surface area contributed by atoms with Crippen LogP contribution in [-0.2, 0) is 4.79 Å². The van der Waals surface area contributed by atoms with E-state index in [-0.39, 0.29) is 12.0 Å². The highest BCUT2D eigenvalue weighted by Crippen LogP contribution is 2.37. The molecule has 0 aromatic rings. The first kappa shape index (κ1) is 7.29. The SMILES string of the molecule is O=C1CC[C@@H]2CCC[C@H]1C2O. The molecule has 0 aromatic heterocycles. The van der Waals surface area contributed by atoms with Gasteiger partial charge in [-0.1, -0.05) is 6.42 Å². The molecule has 3 atom stereocenters. The van der Waals surface area contributed by atoms with Crippen LogP contribution in [-0.4, -0.2) is 17.0 Å². The third kappa shape index (κ3) is 1.09. The molecule has 1 unspecified atom stereocenters. The van der Waals surface area contributed by atoms with Crippen molar-refractivity contribution in [2.75, 3.05) is 0 Å². The molecule has 0 aromatic carbocycles. The van der Waals surface area contributed by atoms with Gasteiger partial charge in [-0.3, -0.25) is 4.79 Å². The zero-order valence-corrected chi connectivity index (χ0v) is 6.62. The fraction of sp³-hybridized carbons (Fsp3) is 0.889. The Bertz CT molecular complexity index is 176. The normalized spacial score (nSPS) is 44.1. The largest absolute Gasteiger partial charge is 0.392 e. The summed E-state index contributed by atoms with van der Waals surface area (Å²) < 4.78 is 0. The molecule has 2 aliphatic carbocycles. The smallest absolute Gasteiger partial charge is 0.138 e. The van der Waals surface area contributed by atoms with Crippen molar-refractivity contribution in [1.82, 2.24) is 0 Å². The van der Waals surface area contributed by atoms with Crippen molar-refractivity contribution in [3.63, 3.8) is 0 Å². The minimum absolute atomic E-state index is 0.00231. The molecule has 11 heavy (non-hydrogen) atoms. The Morgan fingerprint density at radius 1 is 1.27 bits per heavy atom. The van der Waals surface area contributed by atoms with E-state index in [1.807, 2.05) is 0 Å². The van der Waals surface area contributed by atoms with Gasteiger partial charge >= 0.3 is 0 Å². The van der Waals surface area contributed by atoms with Gasteiger partial charge < -0.3 is 5.11 Å². The Balaban J connectivity index is 2.15. The topological polar surface area (TPSA) is 37.3 Å². The number of aliphatic hydroxyl groups excluding tert-OH is 1. The number of hydrogen-bond acceptors (Lipinski definition) is 2.